The normalized spacial score (nSPS) is 14.9. The van der Waals surface area contributed by atoms with Crippen molar-refractivity contribution in [3.63, 3.8) is 0 Å². The summed E-state index contributed by atoms with van der Waals surface area (Å²) in [4.78, 5) is 0. The molecule has 0 saturated heterocycles. The summed E-state index contributed by atoms with van der Waals surface area (Å²) < 4.78 is 0. The van der Waals surface area contributed by atoms with Gasteiger partial charge in [-0.25, -0.2) is 0 Å². The predicted molar refractivity (Wildman–Crippen MR) is 230 cm³/mol. The summed E-state index contributed by atoms with van der Waals surface area (Å²) in [6.07, 6.45) is 11.1. The predicted octanol–water partition coefficient (Wildman–Crippen LogP) is 14.9. The molecule has 0 atom stereocenters. The van der Waals surface area contributed by atoms with Gasteiger partial charge in [-0.2, -0.15) is 0 Å². The van der Waals surface area contributed by atoms with Crippen LogP contribution in [0.25, 0.3) is 77.2 Å². The molecule has 0 amide bonds. The highest BCUT2D eigenvalue weighted by molar-refractivity contribution is 6.13. The molecule has 0 heteroatoms. The lowest BCUT2D eigenvalue weighted by atomic mass is 9.82. The fourth-order valence-electron chi connectivity index (χ4n) is 9.07. The Morgan fingerprint density at radius 2 is 1.09 bits per heavy atom. The van der Waals surface area contributed by atoms with Gasteiger partial charge < -0.3 is 0 Å². The van der Waals surface area contributed by atoms with Crippen LogP contribution in [0.1, 0.15) is 55.9 Å². The zero-order valence-corrected chi connectivity index (χ0v) is 31.0. The van der Waals surface area contributed by atoms with Crippen molar-refractivity contribution in [3.8, 4) is 44.5 Å². The van der Waals surface area contributed by atoms with Crippen LogP contribution in [0, 0.1) is 0 Å². The highest BCUT2D eigenvalue weighted by atomic mass is 14.3. The molecule has 0 heterocycles. The van der Waals surface area contributed by atoms with Gasteiger partial charge in [-0.05, 0) is 155 Å². The average molecular weight is 681 g/mol. The van der Waals surface area contributed by atoms with E-state index in [2.05, 4.69) is 159 Å². The maximum Gasteiger partial charge on any atom is -0.00642 e. The molecular weight excluding hydrogens is 637 g/mol. The van der Waals surface area contributed by atoms with Crippen molar-refractivity contribution < 1.29 is 0 Å². The Kier molecular flexibility index (Phi) is 8.40. The zero-order valence-electron chi connectivity index (χ0n) is 31.0. The maximum atomic E-state index is 4.18. The van der Waals surface area contributed by atoms with E-state index in [0.29, 0.717) is 0 Å². The molecule has 3 aliphatic rings. The Balaban J connectivity index is 0.00000183. The molecule has 7 aromatic carbocycles. The Bertz CT molecular complexity index is 2670. The van der Waals surface area contributed by atoms with Crippen LogP contribution in [-0.2, 0) is 12.8 Å². The van der Waals surface area contributed by atoms with E-state index in [9.17, 15) is 0 Å². The van der Waals surface area contributed by atoms with Gasteiger partial charge in [0, 0.05) is 0 Å². The number of allylic oxidation sites excluding steroid dienone is 7. The third-order valence-electron chi connectivity index (χ3n) is 11.6. The minimum atomic E-state index is 1.09. The summed E-state index contributed by atoms with van der Waals surface area (Å²) in [6.45, 7) is 10.3. The lowest BCUT2D eigenvalue weighted by molar-refractivity contribution is 0.970. The number of hydrogen-bond donors (Lipinski definition) is 0. The summed E-state index contributed by atoms with van der Waals surface area (Å²) >= 11 is 0. The fourth-order valence-corrected chi connectivity index (χ4v) is 9.07. The van der Waals surface area contributed by atoms with Gasteiger partial charge in [-0.1, -0.05) is 160 Å². The van der Waals surface area contributed by atoms with Gasteiger partial charge in [-0.3, -0.25) is 0 Å². The zero-order chi connectivity index (χ0) is 36.1. The first-order chi connectivity index (χ1) is 26.2. The van der Waals surface area contributed by atoms with Gasteiger partial charge in [0.2, 0.25) is 0 Å². The molecule has 0 nitrogen and oxygen atoms in total. The molecule has 256 valence electrons. The molecule has 0 saturated carbocycles. The van der Waals surface area contributed by atoms with E-state index < -0.39 is 0 Å². The van der Waals surface area contributed by atoms with Crippen molar-refractivity contribution in [2.75, 3.05) is 0 Å². The van der Waals surface area contributed by atoms with E-state index in [1.165, 1.54) is 111 Å². The van der Waals surface area contributed by atoms with E-state index in [1.54, 1.807) is 0 Å². The Labute approximate surface area is 314 Å². The molecule has 10 rings (SSSR count). The summed E-state index contributed by atoms with van der Waals surface area (Å²) in [7, 11) is 0. The molecule has 0 bridgehead atoms. The number of fused-ring (bicyclic) bond motifs is 3. The molecule has 0 aromatic heterocycles. The highest BCUT2D eigenvalue weighted by Gasteiger charge is 2.29. The molecule has 0 aliphatic heterocycles. The van der Waals surface area contributed by atoms with Crippen LogP contribution in [-0.4, -0.2) is 0 Å². The van der Waals surface area contributed by atoms with Crippen LogP contribution in [0.5, 0.6) is 0 Å². The van der Waals surface area contributed by atoms with E-state index in [-0.39, 0.29) is 0 Å². The van der Waals surface area contributed by atoms with Crippen molar-refractivity contribution in [1.29, 1.82) is 0 Å². The monoisotopic (exact) mass is 680 g/mol. The van der Waals surface area contributed by atoms with E-state index >= 15 is 0 Å². The summed E-state index contributed by atoms with van der Waals surface area (Å²) in [5, 5.41) is 5.60. The van der Waals surface area contributed by atoms with Gasteiger partial charge in [-0.15, -0.1) is 0 Å². The van der Waals surface area contributed by atoms with Crippen LogP contribution in [0.3, 0.4) is 0 Å². The number of rotatable bonds is 5. The van der Waals surface area contributed by atoms with Crippen molar-refractivity contribution >= 4 is 32.7 Å². The molecule has 7 aromatic rings. The molecule has 0 unspecified atom stereocenters. The fraction of sp³-hybridized carbons (Fsp3) is 0.132. The van der Waals surface area contributed by atoms with Crippen molar-refractivity contribution in [1.82, 2.24) is 0 Å². The molecule has 0 N–H and O–H groups in total. The smallest absolute Gasteiger partial charge is 0.00642 e. The molecule has 53 heavy (non-hydrogen) atoms. The first-order valence-corrected chi connectivity index (χ1v) is 19.3. The second-order valence-electron chi connectivity index (χ2n) is 14.2. The van der Waals surface area contributed by atoms with Crippen molar-refractivity contribution in [3.05, 3.63) is 192 Å². The Morgan fingerprint density at radius 1 is 0.509 bits per heavy atom. The van der Waals surface area contributed by atoms with Gasteiger partial charge in [0.1, 0.15) is 0 Å². The van der Waals surface area contributed by atoms with Gasteiger partial charge >= 0.3 is 0 Å². The molecular formula is C53H44. The standard InChI is InChI=1S/C51H38.C2H6/c1-3-32-8-7-13-46-48-31-42(26-28-45(48)43(4-2)50(32)46)41-12-6-11-40(30-41)35-16-14-33(15-17-35)34-18-20-36(21-19-34)44-27-24-39-23-22-37-9-5-10-38-25-29-47(44)51(39)49(37)38;1-2/h3-6,9-24,26-28,30-31H,2,7-8,25,29H2,1H3;1-2H3/b32-3-;. The quantitative estimate of drug-likeness (QED) is 0.159. The van der Waals surface area contributed by atoms with Crippen LogP contribution in [0.4, 0.5) is 0 Å². The second kappa shape index (κ2) is 13.5. The maximum absolute atomic E-state index is 4.18. The molecule has 3 aliphatic carbocycles. The lowest BCUT2D eigenvalue weighted by Crippen LogP contribution is -2.03. The van der Waals surface area contributed by atoms with Crippen LogP contribution < -0.4 is 0 Å². The third-order valence-corrected chi connectivity index (χ3v) is 11.6. The van der Waals surface area contributed by atoms with E-state index in [4.69, 9.17) is 0 Å². The number of benzene rings is 7. The first kappa shape index (κ1) is 32.9. The van der Waals surface area contributed by atoms with E-state index in [0.717, 1.165) is 25.7 Å². The first-order valence-electron chi connectivity index (χ1n) is 19.3. The Morgan fingerprint density at radius 3 is 1.81 bits per heavy atom. The number of hydrogen-bond acceptors (Lipinski definition) is 0. The van der Waals surface area contributed by atoms with Gasteiger partial charge in [0.25, 0.3) is 0 Å². The van der Waals surface area contributed by atoms with Gasteiger partial charge in [0.05, 0.1) is 0 Å². The highest BCUT2D eigenvalue weighted by Crippen LogP contribution is 2.49. The second-order valence-corrected chi connectivity index (χ2v) is 14.2. The summed E-state index contributed by atoms with van der Waals surface area (Å²) in [6, 6.07) is 50.1. The average Bonchev–Trinajstić information content (AvgIpc) is 3.57. The van der Waals surface area contributed by atoms with E-state index in [1.807, 2.05) is 19.9 Å². The minimum Gasteiger partial charge on any atom is -0.0984 e. The SMILES string of the molecule is C=CC1=C2C(=CCC/C2=C/C)c2cc(-c3cccc(-c4ccc(-c5ccc(-c6ccc7ccc8cccc9c8c7c6CC9)cc5)cc4)c3)ccc21.CC. The molecule has 0 spiro atoms. The van der Waals surface area contributed by atoms with Crippen molar-refractivity contribution in [2.24, 2.45) is 0 Å². The van der Waals surface area contributed by atoms with Crippen LogP contribution in [0.15, 0.2) is 169 Å². The topological polar surface area (TPSA) is 0 Å². The lowest BCUT2D eigenvalue weighted by Gasteiger charge is -2.21. The minimum absolute atomic E-state index is 1.09. The number of aryl methyl sites for hydroxylation is 2. The van der Waals surface area contributed by atoms with Crippen LogP contribution >= 0.6 is 0 Å². The third kappa shape index (κ3) is 5.44. The largest absolute Gasteiger partial charge is 0.0984 e. The van der Waals surface area contributed by atoms with Gasteiger partial charge in [0.15, 0.2) is 0 Å². The van der Waals surface area contributed by atoms with Crippen molar-refractivity contribution in [2.45, 2.75) is 46.5 Å². The molecule has 0 fully saturated rings. The van der Waals surface area contributed by atoms with Crippen LogP contribution in [0.2, 0.25) is 0 Å². The summed E-state index contributed by atoms with van der Waals surface area (Å²) in [5.74, 6) is 0. The Hall–Kier alpha value is -5.98. The summed E-state index contributed by atoms with van der Waals surface area (Å²) in [5.41, 5.74) is 21.2. The molecule has 0 radical (unpaired) electrons.